The Morgan fingerprint density at radius 1 is 1.21 bits per heavy atom. The maximum Gasteiger partial charge on any atom is 0.276 e. The first-order chi connectivity index (χ1) is 13.6. The van der Waals surface area contributed by atoms with Gasteiger partial charge in [0.2, 0.25) is 0 Å². The smallest absolute Gasteiger partial charge is 0.276 e. The SMILES string of the molecule is Cc1c(C(=O)N2CCN(Cc3cccc(O)c3)CC2)nnn1C1CCNCC1. The number of phenols is 1. The molecule has 2 aliphatic heterocycles. The van der Waals surface area contributed by atoms with E-state index in [0.717, 1.165) is 56.8 Å². The number of rotatable bonds is 4. The molecule has 2 saturated heterocycles. The number of phenolic OH excluding ortho intramolecular Hbond substituents is 1. The Kier molecular flexibility index (Phi) is 5.59. The second-order valence-electron chi connectivity index (χ2n) is 7.69. The van der Waals surface area contributed by atoms with Crippen molar-refractivity contribution in [1.29, 1.82) is 0 Å². The first-order valence-electron chi connectivity index (χ1n) is 10.0. The lowest BCUT2D eigenvalue weighted by Gasteiger charge is -2.34. The molecule has 28 heavy (non-hydrogen) atoms. The van der Waals surface area contributed by atoms with Gasteiger partial charge >= 0.3 is 0 Å². The maximum absolute atomic E-state index is 13.0. The summed E-state index contributed by atoms with van der Waals surface area (Å²) in [6.07, 6.45) is 2.04. The van der Waals surface area contributed by atoms with Crippen molar-refractivity contribution in [3.05, 3.63) is 41.2 Å². The number of hydrogen-bond acceptors (Lipinski definition) is 6. The van der Waals surface area contributed by atoms with Crippen LogP contribution in [0.1, 0.15) is 40.6 Å². The van der Waals surface area contributed by atoms with E-state index in [2.05, 4.69) is 20.5 Å². The van der Waals surface area contributed by atoms with E-state index in [1.807, 2.05) is 28.6 Å². The number of aromatic nitrogens is 3. The summed E-state index contributed by atoms with van der Waals surface area (Å²) in [5.41, 5.74) is 2.44. The molecule has 0 saturated carbocycles. The molecule has 4 rings (SSSR count). The van der Waals surface area contributed by atoms with Gasteiger partial charge in [-0.1, -0.05) is 17.3 Å². The highest BCUT2D eigenvalue weighted by Crippen LogP contribution is 2.21. The summed E-state index contributed by atoms with van der Waals surface area (Å²) in [5, 5.41) is 21.5. The summed E-state index contributed by atoms with van der Waals surface area (Å²) in [6.45, 7) is 7.66. The van der Waals surface area contributed by atoms with E-state index in [9.17, 15) is 9.90 Å². The second-order valence-corrected chi connectivity index (χ2v) is 7.69. The van der Waals surface area contributed by atoms with Gasteiger partial charge in [0.25, 0.3) is 5.91 Å². The third-order valence-electron chi connectivity index (χ3n) is 5.76. The van der Waals surface area contributed by atoms with Gasteiger partial charge in [-0.2, -0.15) is 0 Å². The van der Waals surface area contributed by atoms with Gasteiger partial charge in [-0.15, -0.1) is 5.10 Å². The maximum atomic E-state index is 13.0. The standard InChI is InChI=1S/C20H28N6O2/c1-15-19(22-23-26(15)17-5-7-21-8-6-17)20(28)25-11-9-24(10-12-25)14-16-3-2-4-18(27)13-16/h2-4,13,17,21,27H,5-12,14H2,1H3. The molecule has 0 atom stereocenters. The Morgan fingerprint density at radius 3 is 2.68 bits per heavy atom. The zero-order valence-corrected chi connectivity index (χ0v) is 16.3. The van der Waals surface area contributed by atoms with E-state index in [1.54, 1.807) is 12.1 Å². The molecule has 1 aromatic carbocycles. The Morgan fingerprint density at radius 2 is 1.96 bits per heavy atom. The first-order valence-corrected chi connectivity index (χ1v) is 10.0. The van der Waals surface area contributed by atoms with Crippen molar-refractivity contribution in [2.75, 3.05) is 39.3 Å². The number of piperazine rings is 1. The van der Waals surface area contributed by atoms with Crippen molar-refractivity contribution in [3.8, 4) is 5.75 Å². The van der Waals surface area contributed by atoms with Gasteiger partial charge in [0.1, 0.15) is 5.75 Å². The highest BCUT2D eigenvalue weighted by Gasteiger charge is 2.28. The molecule has 0 bridgehead atoms. The van der Waals surface area contributed by atoms with E-state index in [4.69, 9.17) is 0 Å². The number of carbonyl (C=O) groups is 1. The predicted octanol–water partition coefficient (Wildman–Crippen LogP) is 1.17. The monoisotopic (exact) mass is 384 g/mol. The Hall–Kier alpha value is -2.45. The minimum absolute atomic E-state index is 0.0188. The van der Waals surface area contributed by atoms with Gasteiger partial charge < -0.3 is 15.3 Å². The van der Waals surface area contributed by atoms with Crippen LogP contribution in [0.15, 0.2) is 24.3 Å². The number of nitrogens with one attached hydrogen (secondary N) is 1. The number of carbonyl (C=O) groups excluding carboxylic acids is 1. The van der Waals surface area contributed by atoms with Crippen molar-refractivity contribution in [3.63, 3.8) is 0 Å². The summed E-state index contributed by atoms with van der Waals surface area (Å²) in [6, 6.07) is 7.67. The minimum Gasteiger partial charge on any atom is -0.508 e. The third kappa shape index (κ3) is 4.02. The number of benzene rings is 1. The normalized spacial score (nSPS) is 19.1. The lowest BCUT2D eigenvalue weighted by Crippen LogP contribution is -2.48. The van der Waals surface area contributed by atoms with Gasteiger partial charge in [-0.05, 0) is 50.6 Å². The fourth-order valence-electron chi connectivity index (χ4n) is 4.11. The zero-order valence-electron chi connectivity index (χ0n) is 16.3. The lowest BCUT2D eigenvalue weighted by atomic mass is 10.1. The molecule has 2 aromatic rings. The first kappa shape index (κ1) is 18.9. The fraction of sp³-hybridized carbons (Fsp3) is 0.550. The lowest BCUT2D eigenvalue weighted by molar-refractivity contribution is 0.0622. The average molecular weight is 384 g/mol. The molecule has 8 nitrogen and oxygen atoms in total. The average Bonchev–Trinajstić information content (AvgIpc) is 3.10. The largest absolute Gasteiger partial charge is 0.508 e. The van der Waals surface area contributed by atoms with Gasteiger partial charge in [0.05, 0.1) is 11.7 Å². The molecule has 1 amide bonds. The number of nitrogens with zero attached hydrogens (tertiary/aromatic N) is 5. The Labute approximate surface area is 165 Å². The van der Waals surface area contributed by atoms with E-state index < -0.39 is 0 Å². The minimum atomic E-state index is -0.0188. The summed E-state index contributed by atoms with van der Waals surface area (Å²) < 4.78 is 1.94. The predicted molar refractivity (Wildman–Crippen MR) is 105 cm³/mol. The molecule has 150 valence electrons. The van der Waals surface area contributed by atoms with Crippen LogP contribution in [-0.4, -0.2) is 75.1 Å². The number of hydrogen-bond donors (Lipinski definition) is 2. The van der Waals surface area contributed by atoms with Crippen LogP contribution in [0.3, 0.4) is 0 Å². The molecular formula is C20H28N6O2. The van der Waals surface area contributed by atoms with Crippen LogP contribution in [0.25, 0.3) is 0 Å². The van der Waals surface area contributed by atoms with E-state index in [1.165, 1.54) is 0 Å². The number of piperidine rings is 1. The van der Waals surface area contributed by atoms with Crippen molar-refractivity contribution in [1.82, 2.24) is 30.1 Å². The molecular weight excluding hydrogens is 356 g/mol. The molecule has 0 radical (unpaired) electrons. The molecule has 3 heterocycles. The topological polar surface area (TPSA) is 86.5 Å². The fourth-order valence-corrected chi connectivity index (χ4v) is 4.11. The van der Waals surface area contributed by atoms with Crippen LogP contribution in [-0.2, 0) is 6.54 Å². The number of amides is 1. The van der Waals surface area contributed by atoms with E-state index in [-0.39, 0.29) is 5.91 Å². The molecule has 0 unspecified atom stereocenters. The van der Waals surface area contributed by atoms with Crippen LogP contribution < -0.4 is 5.32 Å². The summed E-state index contributed by atoms with van der Waals surface area (Å²) in [7, 11) is 0. The van der Waals surface area contributed by atoms with Crippen LogP contribution in [0, 0.1) is 6.92 Å². The zero-order chi connectivity index (χ0) is 19.5. The van der Waals surface area contributed by atoms with Crippen LogP contribution in [0.4, 0.5) is 0 Å². The highest BCUT2D eigenvalue weighted by atomic mass is 16.3. The molecule has 0 spiro atoms. The number of aromatic hydroxyl groups is 1. The molecule has 2 N–H and O–H groups in total. The van der Waals surface area contributed by atoms with Gasteiger partial charge in [0, 0.05) is 32.7 Å². The van der Waals surface area contributed by atoms with Crippen molar-refractivity contribution in [2.45, 2.75) is 32.4 Å². The van der Waals surface area contributed by atoms with E-state index in [0.29, 0.717) is 30.6 Å². The van der Waals surface area contributed by atoms with E-state index >= 15 is 0 Å². The second kappa shape index (κ2) is 8.28. The molecule has 1 aromatic heterocycles. The van der Waals surface area contributed by atoms with Gasteiger partial charge in [-0.3, -0.25) is 9.69 Å². The van der Waals surface area contributed by atoms with Crippen molar-refractivity contribution < 1.29 is 9.90 Å². The summed E-state index contributed by atoms with van der Waals surface area (Å²) in [4.78, 5) is 17.2. The molecule has 2 fully saturated rings. The quantitative estimate of drug-likeness (QED) is 0.823. The van der Waals surface area contributed by atoms with Crippen LogP contribution >= 0.6 is 0 Å². The molecule has 0 aliphatic carbocycles. The third-order valence-corrected chi connectivity index (χ3v) is 5.76. The van der Waals surface area contributed by atoms with Gasteiger partial charge in [-0.25, -0.2) is 4.68 Å². The van der Waals surface area contributed by atoms with Gasteiger partial charge in [0.15, 0.2) is 5.69 Å². The van der Waals surface area contributed by atoms with Crippen molar-refractivity contribution in [2.24, 2.45) is 0 Å². The summed E-state index contributed by atoms with van der Waals surface area (Å²) in [5.74, 6) is 0.272. The Bertz CT molecular complexity index is 822. The molecule has 2 aliphatic rings. The summed E-state index contributed by atoms with van der Waals surface area (Å²) >= 11 is 0. The van der Waals surface area contributed by atoms with Crippen LogP contribution in [0.5, 0.6) is 5.75 Å². The van der Waals surface area contributed by atoms with Crippen LogP contribution in [0.2, 0.25) is 0 Å². The highest BCUT2D eigenvalue weighted by molar-refractivity contribution is 5.93. The Balaban J connectivity index is 1.36. The van der Waals surface area contributed by atoms with Crippen molar-refractivity contribution >= 4 is 5.91 Å². The molecule has 8 heteroatoms.